The second-order valence-electron chi connectivity index (χ2n) is 20.1. The number of ether oxygens (including phenoxy) is 4. The van der Waals surface area contributed by atoms with E-state index in [1.54, 1.807) is 0 Å². The van der Waals surface area contributed by atoms with Gasteiger partial charge in [0, 0.05) is 12.8 Å². The second kappa shape index (κ2) is 40.6. The van der Waals surface area contributed by atoms with Crippen molar-refractivity contribution in [3.63, 3.8) is 0 Å². The highest BCUT2D eigenvalue weighted by Crippen LogP contribution is 2.48. The summed E-state index contributed by atoms with van der Waals surface area (Å²) in [5.41, 5.74) is 0. The fraction of sp³-hybridized carbons (Fsp3) is 0.925. The number of hydrogen-bond donors (Lipinski definition) is 9. The minimum absolute atomic E-state index is 0.0311. The first-order valence-electron chi connectivity index (χ1n) is 28.0. The van der Waals surface area contributed by atoms with E-state index in [9.17, 15) is 59.9 Å². The first-order chi connectivity index (χ1) is 34.7. The molecule has 1 aliphatic carbocycles. The Hall–Kier alpha value is -1.61. The number of phosphoric ester groups is 1. The second-order valence-corrected chi connectivity index (χ2v) is 21.5. The highest BCUT2D eigenvalue weighted by molar-refractivity contribution is 7.47. The summed E-state index contributed by atoms with van der Waals surface area (Å²) in [6.45, 7) is 2.25. The molecule has 0 aromatic carbocycles. The maximum absolute atomic E-state index is 13.4. The molecule has 0 aromatic heterocycles. The first-order valence-corrected chi connectivity index (χ1v) is 29.5. The van der Waals surface area contributed by atoms with E-state index < -0.39 is 113 Å². The summed E-state index contributed by atoms with van der Waals surface area (Å²) in [6.07, 6.45) is 15.6. The van der Waals surface area contributed by atoms with Gasteiger partial charge in [-0.25, -0.2) is 4.57 Å². The van der Waals surface area contributed by atoms with Crippen LogP contribution in [0.5, 0.6) is 0 Å². The number of hydrogen-bond acceptors (Lipinski definition) is 17. The number of unbranched alkanes of at least 4 members (excludes halogenated alkanes) is 27. The number of rotatable bonds is 44. The van der Waals surface area contributed by atoms with Crippen LogP contribution < -0.4 is 0 Å². The number of aliphatic hydroxyl groups excluding tert-OH is 8. The van der Waals surface area contributed by atoms with Crippen LogP contribution in [0.25, 0.3) is 0 Å². The van der Waals surface area contributed by atoms with Gasteiger partial charge in [-0.05, 0) is 38.5 Å². The van der Waals surface area contributed by atoms with Crippen molar-refractivity contribution in [2.24, 2.45) is 0 Å². The largest absolute Gasteiger partial charge is 0.472 e. The molecule has 1 saturated carbocycles. The van der Waals surface area contributed by atoms with E-state index in [2.05, 4.69) is 26.0 Å². The predicted molar refractivity (Wildman–Crippen MR) is 272 cm³/mol. The molecule has 18 nitrogen and oxygen atoms in total. The topological polar surface area (TPSA) is 289 Å². The lowest BCUT2D eigenvalue weighted by Crippen LogP contribution is -2.67. The van der Waals surface area contributed by atoms with E-state index >= 15 is 0 Å². The molecule has 2 aliphatic rings. The van der Waals surface area contributed by atoms with Crippen LogP contribution in [0, 0.1) is 0 Å². The Morgan fingerprint density at radius 3 is 1.39 bits per heavy atom. The first kappa shape index (κ1) is 66.5. The van der Waals surface area contributed by atoms with Crippen LogP contribution in [0.15, 0.2) is 12.2 Å². The molecular formula is C53H99O18P. The normalized spacial score (nSPS) is 27.0. The number of carbonyl (C=O) groups is 2. The molecule has 1 aliphatic heterocycles. The monoisotopic (exact) mass is 1050 g/mol. The van der Waals surface area contributed by atoms with Gasteiger partial charge in [0.1, 0.15) is 67.6 Å². The zero-order valence-electron chi connectivity index (χ0n) is 44.0. The van der Waals surface area contributed by atoms with Crippen LogP contribution in [0.4, 0.5) is 0 Å². The Kier molecular flexibility index (Phi) is 37.5. The summed E-state index contributed by atoms with van der Waals surface area (Å²) in [5.74, 6) is -1.21. The summed E-state index contributed by atoms with van der Waals surface area (Å²) in [6, 6.07) is 0. The zero-order valence-corrected chi connectivity index (χ0v) is 44.9. The third kappa shape index (κ3) is 28.5. The maximum atomic E-state index is 13.4. The lowest BCUT2D eigenvalue weighted by atomic mass is 9.84. The zero-order chi connectivity index (χ0) is 53.0. The smallest absolute Gasteiger partial charge is 0.462 e. The molecule has 1 heterocycles. The molecule has 2 fully saturated rings. The molecule has 0 aromatic rings. The van der Waals surface area contributed by atoms with Crippen molar-refractivity contribution in [3.05, 3.63) is 12.2 Å². The molecule has 19 heteroatoms. The van der Waals surface area contributed by atoms with Crippen molar-refractivity contribution in [2.45, 2.75) is 293 Å². The number of aliphatic hydroxyl groups is 8. The lowest BCUT2D eigenvalue weighted by Gasteiger charge is -2.47. The van der Waals surface area contributed by atoms with Crippen LogP contribution >= 0.6 is 7.82 Å². The van der Waals surface area contributed by atoms with E-state index in [1.165, 1.54) is 103 Å². The van der Waals surface area contributed by atoms with Gasteiger partial charge in [0.2, 0.25) is 0 Å². The van der Waals surface area contributed by atoms with E-state index in [0.29, 0.717) is 12.8 Å². The van der Waals surface area contributed by atoms with Crippen molar-refractivity contribution in [1.29, 1.82) is 0 Å². The minimum atomic E-state index is -5.38. The number of carbonyl (C=O) groups excluding carboxylic acids is 2. The SMILES string of the molecule is CCCCCCC=CCCCCCCCCCC(=O)OC(COC(=O)CCCCCCCCCCCCCCCCCCC)COP(=O)(O)OC1C(O)C(O)C(O)C(O)C1OC1OC(CO)C(O)C(O)C1O. The summed E-state index contributed by atoms with van der Waals surface area (Å²) in [5, 5.41) is 83.1. The Morgan fingerprint density at radius 1 is 0.514 bits per heavy atom. The Balaban J connectivity index is 1.89. The predicted octanol–water partition coefficient (Wildman–Crippen LogP) is 7.67. The summed E-state index contributed by atoms with van der Waals surface area (Å²) >= 11 is 0. The van der Waals surface area contributed by atoms with E-state index in [0.717, 1.165) is 77.0 Å². The molecule has 2 rings (SSSR count). The highest BCUT2D eigenvalue weighted by Gasteiger charge is 2.55. The van der Waals surface area contributed by atoms with Gasteiger partial charge in [-0.1, -0.05) is 180 Å². The maximum Gasteiger partial charge on any atom is 0.472 e. The van der Waals surface area contributed by atoms with E-state index in [4.69, 9.17) is 28.0 Å². The number of esters is 2. The summed E-state index contributed by atoms with van der Waals surface area (Å²) in [7, 11) is -5.38. The summed E-state index contributed by atoms with van der Waals surface area (Å²) in [4.78, 5) is 36.7. The Labute approximate surface area is 431 Å². The standard InChI is InChI=1S/C53H99O18P/c1-3-5-7-9-11-13-15-17-19-20-22-23-25-27-29-31-33-35-42(55)66-38-40(68-43(56)36-34-32-30-28-26-24-21-18-16-14-12-10-8-6-4-2)39-67-72(64,65)71-52-49(62)47(60)46(59)48(61)51(52)70-53-50(63)45(58)44(57)41(37-54)69-53/h14,16,40-41,44-54,57-63H,3-13,15,17-39H2,1-2H3,(H,64,65). The van der Waals surface area contributed by atoms with Gasteiger partial charge in [0.15, 0.2) is 12.4 Å². The van der Waals surface area contributed by atoms with Gasteiger partial charge in [-0.15, -0.1) is 0 Å². The Bertz CT molecular complexity index is 1440. The fourth-order valence-electron chi connectivity index (χ4n) is 9.11. The number of allylic oxidation sites excluding steroid dienone is 2. The molecule has 13 unspecified atom stereocenters. The molecule has 1 saturated heterocycles. The molecule has 0 bridgehead atoms. The summed E-state index contributed by atoms with van der Waals surface area (Å²) < 4.78 is 45.6. The van der Waals surface area contributed by atoms with Gasteiger partial charge >= 0.3 is 19.8 Å². The highest BCUT2D eigenvalue weighted by atomic mass is 31.2. The van der Waals surface area contributed by atoms with Crippen LogP contribution in [-0.4, -0.2) is 151 Å². The van der Waals surface area contributed by atoms with Crippen LogP contribution in [0.2, 0.25) is 0 Å². The van der Waals surface area contributed by atoms with Crippen LogP contribution in [-0.2, 0) is 42.1 Å². The van der Waals surface area contributed by atoms with Crippen molar-refractivity contribution in [1.82, 2.24) is 0 Å². The van der Waals surface area contributed by atoms with E-state index in [-0.39, 0.29) is 12.8 Å². The third-order valence-electron chi connectivity index (χ3n) is 13.7. The lowest BCUT2D eigenvalue weighted by molar-refractivity contribution is -0.338. The molecule has 0 spiro atoms. The quantitative estimate of drug-likeness (QED) is 0.0122. The van der Waals surface area contributed by atoms with Crippen molar-refractivity contribution in [2.75, 3.05) is 19.8 Å². The molecule has 0 radical (unpaired) electrons. The van der Waals surface area contributed by atoms with Crippen LogP contribution in [0.3, 0.4) is 0 Å². The molecule has 424 valence electrons. The molecule has 9 N–H and O–H groups in total. The van der Waals surface area contributed by atoms with Gasteiger partial charge in [0.25, 0.3) is 0 Å². The Morgan fingerprint density at radius 2 is 0.917 bits per heavy atom. The van der Waals surface area contributed by atoms with Gasteiger partial charge in [-0.2, -0.15) is 0 Å². The van der Waals surface area contributed by atoms with Crippen molar-refractivity contribution >= 4 is 19.8 Å². The van der Waals surface area contributed by atoms with Crippen LogP contribution in [0.1, 0.15) is 219 Å². The van der Waals surface area contributed by atoms with Gasteiger partial charge < -0.3 is 64.7 Å². The van der Waals surface area contributed by atoms with E-state index in [1.807, 2.05) is 0 Å². The molecule has 72 heavy (non-hydrogen) atoms. The average Bonchev–Trinajstić information content (AvgIpc) is 3.36. The third-order valence-corrected chi connectivity index (χ3v) is 14.7. The molecule has 0 amide bonds. The minimum Gasteiger partial charge on any atom is -0.462 e. The van der Waals surface area contributed by atoms with Gasteiger partial charge in [-0.3, -0.25) is 18.6 Å². The fourth-order valence-corrected chi connectivity index (χ4v) is 10.1. The number of phosphoric acid groups is 1. The van der Waals surface area contributed by atoms with Crippen molar-refractivity contribution in [3.8, 4) is 0 Å². The van der Waals surface area contributed by atoms with Crippen molar-refractivity contribution < 1.29 is 87.9 Å². The van der Waals surface area contributed by atoms with Gasteiger partial charge in [0.05, 0.1) is 13.2 Å². The average molecular weight is 1060 g/mol. The molecular weight excluding hydrogens is 956 g/mol. The molecule has 13 atom stereocenters.